The number of rotatable bonds is 6. The third-order valence-electron chi connectivity index (χ3n) is 3.38. The van der Waals surface area contributed by atoms with Crippen LogP contribution < -0.4 is 5.56 Å². The van der Waals surface area contributed by atoms with Crippen LogP contribution in [0.4, 0.5) is 4.39 Å². The molecule has 2 aromatic rings. The van der Waals surface area contributed by atoms with Crippen molar-refractivity contribution < 1.29 is 9.13 Å². The van der Waals surface area contributed by atoms with E-state index < -0.39 is 6.17 Å². The van der Waals surface area contributed by atoms with Crippen LogP contribution in [0, 0.1) is 0 Å². The Balaban J connectivity index is 2.17. The van der Waals surface area contributed by atoms with Crippen LogP contribution in [-0.2, 0) is 11.3 Å². The second-order valence-corrected chi connectivity index (χ2v) is 4.88. The molecule has 0 saturated heterocycles. The van der Waals surface area contributed by atoms with Gasteiger partial charge in [0.05, 0.1) is 6.61 Å². The van der Waals surface area contributed by atoms with E-state index in [1.54, 1.807) is 29.0 Å². The average molecular weight is 289 g/mol. The first kappa shape index (κ1) is 15.4. The second-order valence-electron chi connectivity index (χ2n) is 4.88. The van der Waals surface area contributed by atoms with Crippen LogP contribution in [0.25, 0.3) is 11.1 Å². The SMILES string of the molecule is CCOCCn1ccc(-c2ccc(C(C)F)cc2)cc1=O. The van der Waals surface area contributed by atoms with Gasteiger partial charge < -0.3 is 9.30 Å². The van der Waals surface area contributed by atoms with E-state index in [1.165, 1.54) is 6.92 Å². The second kappa shape index (κ2) is 7.18. The summed E-state index contributed by atoms with van der Waals surface area (Å²) in [6.07, 6.45) is 0.785. The van der Waals surface area contributed by atoms with Gasteiger partial charge in [-0.05, 0) is 36.6 Å². The Morgan fingerprint density at radius 3 is 2.48 bits per heavy atom. The van der Waals surface area contributed by atoms with Crippen molar-refractivity contribution in [2.24, 2.45) is 0 Å². The average Bonchev–Trinajstić information content (AvgIpc) is 2.49. The highest BCUT2D eigenvalue weighted by atomic mass is 19.1. The van der Waals surface area contributed by atoms with Crippen LogP contribution in [0.15, 0.2) is 47.4 Å². The van der Waals surface area contributed by atoms with Gasteiger partial charge in [0.1, 0.15) is 6.17 Å². The van der Waals surface area contributed by atoms with Crippen molar-refractivity contribution in [2.75, 3.05) is 13.2 Å². The minimum absolute atomic E-state index is 0.0601. The number of ether oxygens (including phenoxy) is 1. The molecule has 0 aliphatic heterocycles. The number of hydrogen-bond acceptors (Lipinski definition) is 2. The number of alkyl halides is 1. The van der Waals surface area contributed by atoms with E-state index >= 15 is 0 Å². The highest BCUT2D eigenvalue weighted by Gasteiger charge is 2.05. The molecule has 1 aromatic heterocycles. The standard InChI is InChI=1S/C17H20FNO2/c1-3-21-11-10-19-9-8-16(12-17(19)20)15-6-4-14(5-7-15)13(2)18/h4-9,12-13H,3,10-11H2,1-2H3. The first-order valence-electron chi connectivity index (χ1n) is 7.14. The van der Waals surface area contributed by atoms with Gasteiger partial charge in [-0.3, -0.25) is 4.79 Å². The molecule has 0 amide bonds. The summed E-state index contributed by atoms with van der Waals surface area (Å²) in [6.45, 7) is 5.15. The molecule has 0 aliphatic carbocycles. The van der Waals surface area contributed by atoms with Crippen molar-refractivity contribution >= 4 is 0 Å². The number of halogens is 1. The molecule has 21 heavy (non-hydrogen) atoms. The predicted octanol–water partition coefficient (Wildman–Crippen LogP) is 3.58. The zero-order chi connectivity index (χ0) is 15.2. The summed E-state index contributed by atoms with van der Waals surface area (Å²) in [5.41, 5.74) is 2.33. The van der Waals surface area contributed by atoms with Crippen molar-refractivity contribution in [2.45, 2.75) is 26.6 Å². The van der Waals surface area contributed by atoms with E-state index in [-0.39, 0.29) is 5.56 Å². The minimum atomic E-state index is -0.981. The lowest BCUT2D eigenvalue weighted by Crippen LogP contribution is -2.21. The zero-order valence-electron chi connectivity index (χ0n) is 12.4. The lowest BCUT2D eigenvalue weighted by Gasteiger charge is -2.08. The first-order chi connectivity index (χ1) is 10.1. The summed E-state index contributed by atoms with van der Waals surface area (Å²) in [5.74, 6) is 0. The predicted molar refractivity (Wildman–Crippen MR) is 82.2 cm³/mol. The van der Waals surface area contributed by atoms with Gasteiger partial charge in [0.15, 0.2) is 0 Å². The third kappa shape index (κ3) is 4.02. The van der Waals surface area contributed by atoms with E-state index in [0.29, 0.717) is 25.3 Å². The van der Waals surface area contributed by atoms with Gasteiger partial charge in [0.25, 0.3) is 5.56 Å². The van der Waals surface area contributed by atoms with Crippen LogP contribution in [0.2, 0.25) is 0 Å². The van der Waals surface area contributed by atoms with E-state index in [1.807, 2.05) is 25.1 Å². The molecule has 0 aliphatic rings. The molecular formula is C17H20FNO2. The molecule has 1 heterocycles. The Hall–Kier alpha value is -1.94. The van der Waals surface area contributed by atoms with Gasteiger partial charge in [-0.1, -0.05) is 24.3 Å². The molecule has 0 spiro atoms. The highest BCUT2D eigenvalue weighted by Crippen LogP contribution is 2.22. The molecule has 4 heteroatoms. The summed E-state index contributed by atoms with van der Waals surface area (Å²) in [7, 11) is 0. The monoisotopic (exact) mass is 289 g/mol. The Labute approximate surface area is 124 Å². The van der Waals surface area contributed by atoms with Crippen LogP contribution in [0.5, 0.6) is 0 Å². The number of benzene rings is 1. The molecule has 3 nitrogen and oxygen atoms in total. The number of aromatic nitrogens is 1. The van der Waals surface area contributed by atoms with Crippen molar-refractivity contribution in [1.29, 1.82) is 0 Å². The third-order valence-corrected chi connectivity index (χ3v) is 3.38. The molecule has 1 atom stereocenters. The van der Waals surface area contributed by atoms with E-state index in [2.05, 4.69) is 0 Å². The van der Waals surface area contributed by atoms with Gasteiger partial charge >= 0.3 is 0 Å². The van der Waals surface area contributed by atoms with E-state index in [4.69, 9.17) is 4.74 Å². The summed E-state index contributed by atoms with van der Waals surface area (Å²) in [4.78, 5) is 12.0. The normalized spacial score (nSPS) is 12.3. The fourth-order valence-electron chi connectivity index (χ4n) is 2.12. The lowest BCUT2D eigenvalue weighted by atomic mass is 10.0. The number of hydrogen-bond donors (Lipinski definition) is 0. The van der Waals surface area contributed by atoms with Crippen molar-refractivity contribution in [1.82, 2.24) is 4.57 Å². The van der Waals surface area contributed by atoms with Gasteiger partial charge in [0.2, 0.25) is 0 Å². The summed E-state index contributed by atoms with van der Waals surface area (Å²) in [6, 6.07) is 10.7. The maximum Gasteiger partial charge on any atom is 0.251 e. The molecule has 0 fully saturated rings. The quantitative estimate of drug-likeness (QED) is 0.761. The van der Waals surface area contributed by atoms with Crippen LogP contribution in [0.1, 0.15) is 25.6 Å². The van der Waals surface area contributed by atoms with Crippen molar-refractivity contribution in [3.63, 3.8) is 0 Å². The molecule has 1 aromatic carbocycles. The van der Waals surface area contributed by atoms with Gasteiger partial charge in [-0.2, -0.15) is 0 Å². The molecule has 0 radical (unpaired) electrons. The zero-order valence-corrected chi connectivity index (χ0v) is 12.4. The van der Waals surface area contributed by atoms with Gasteiger partial charge in [-0.25, -0.2) is 4.39 Å². The summed E-state index contributed by atoms with van der Waals surface area (Å²) >= 11 is 0. The largest absolute Gasteiger partial charge is 0.380 e. The Kier molecular flexibility index (Phi) is 5.28. The highest BCUT2D eigenvalue weighted by molar-refractivity contribution is 5.63. The number of pyridine rings is 1. The van der Waals surface area contributed by atoms with Crippen LogP contribution in [-0.4, -0.2) is 17.8 Å². The Morgan fingerprint density at radius 1 is 1.19 bits per heavy atom. The van der Waals surface area contributed by atoms with E-state index in [0.717, 1.165) is 11.1 Å². The maximum absolute atomic E-state index is 13.2. The van der Waals surface area contributed by atoms with Crippen LogP contribution in [0.3, 0.4) is 0 Å². The van der Waals surface area contributed by atoms with Crippen molar-refractivity contribution in [3.05, 3.63) is 58.5 Å². The summed E-state index contributed by atoms with van der Waals surface area (Å²) < 4.78 is 20.0. The minimum Gasteiger partial charge on any atom is -0.380 e. The number of nitrogens with zero attached hydrogens (tertiary/aromatic N) is 1. The Bertz CT molecular complexity index is 632. The molecular weight excluding hydrogens is 269 g/mol. The van der Waals surface area contributed by atoms with Gasteiger partial charge in [0, 0.05) is 25.4 Å². The molecule has 0 bridgehead atoms. The fourth-order valence-corrected chi connectivity index (χ4v) is 2.12. The van der Waals surface area contributed by atoms with Gasteiger partial charge in [-0.15, -0.1) is 0 Å². The lowest BCUT2D eigenvalue weighted by molar-refractivity contribution is 0.138. The molecule has 0 saturated carbocycles. The smallest absolute Gasteiger partial charge is 0.251 e. The molecule has 112 valence electrons. The summed E-state index contributed by atoms with van der Waals surface area (Å²) in [5, 5.41) is 0. The molecule has 1 unspecified atom stereocenters. The topological polar surface area (TPSA) is 31.2 Å². The molecule has 2 rings (SSSR count). The van der Waals surface area contributed by atoms with Crippen LogP contribution >= 0.6 is 0 Å². The van der Waals surface area contributed by atoms with Crippen molar-refractivity contribution in [3.8, 4) is 11.1 Å². The first-order valence-corrected chi connectivity index (χ1v) is 7.14. The van der Waals surface area contributed by atoms with E-state index in [9.17, 15) is 9.18 Å². The fraction of sp³-hybridized carbons (Fsp3) is 0.353. The Morgan fingerprint density at radius 2 is 1.90 bits per heavy atom. The maximum atomic E-state index is 13.2. The molecule has 0 N–H and O–H groups in total.